The average molecular weight is 289 g/mol. The number of nitrogens with zero attached hydrogens (tertiary/aromatic N) is 3. The highest BCUT2D eigenvalue weighted by atomic mass is 19.1. The normalized spacial score (nSPS) is 10.4. The van der Waals surface area contributed by atoms with Crippen LogP contribution in [-0.2, 0) is 6.54 Å². The summed E-state index contributed by atoms with van der Waals surface area (Å²) in [5.41, 5.74) is 0.979. The average Bonchev–Trinajstić information content (AvgIpc) is 2.52. The summed E-state index contributed by atoms with van der Waals surface area (Å²) in [5, 5.41) is 14.2. The van der Waals surface area contributed by atoms with E-state index in [2.05, 4.69) is 32.7 Å². The van der Waals surface area contributed by atoms with Crippen LogP contribution in [0.1, 0.15) is 31.7 Å². The first kappa shape index (κ1) is 15.2. The molecule has 0 saturated carbocycles. The lowest BCUT2D eigenvalue weighted by Gasteiger charge is -2.07. The lowest BCUT2D eigenvalue weighted by molar-refractivity contribution is 0.627. The maximum absolute atomic E-state index is 12.8. The van der Waals surface area contributed by atoms with Gasteiger partial charge in [0.25, 0.3) is 0 Å². The minimum atomic E-state index is -0.235. The van der Waals surface area contributed by atoms with Gasteiger partial charge in [-0.05, 0) is 24.1 Å². The van der Waals surface area contributed by atoms with Gasteiger partial charge >= 0.3 is 0 Å². The maximum atomic E-state index is 12.8. The second kappa shape index (κ2) is 8.14. The number of nitrogens with one attached hydrogen (secondary N) is 2. The zero-order chi connectivity index (χ0) is 14.9. The molecule has 0 aliphatic carbocycles. The summed E-state index contributed by atoms with van der Waals surface area (Å²) in [7, 11) is 0. The Morgan fingerprint density at radius 3 is 2.67 bits per heavy atom. The molecular formula is C15H20FN5. The van der Waals surface area contributed by atoms with Crippen molar-refractivity contribution in [1.82, 2.24) is 15.2 Å². The molecule has 0 aliphatic rings. The van der Waals surface area contributed by atoms with Crippen LogP contribution in [0.4, 0.5) is 16.2 Å². The van der Waals surface area contributed by atoms with Crippen LogP contribution in [0.15, 0.2) is 30.5 Å². The first-order valence-corrected chi connectivity index (χ1v) is 7.20. The Morgan fingerprint density at radius 2 is 1.90 bits per heavy atom. The van der Waals surface area contributed by atoms with Gasteiger partial charge in [-0.1, -0.05) is 31.9 Å². The van der Waals surface area contributed by atoms with E-state index >= 15 is 0 Å². The molecule has 0 radical (unpaired) electrons. The fourth-order valence-electron chi connectivity index (χ4n) is 1.83. The SMILES string of the molecule is CCCCCNc1nncc(NCc2ccc(F)cc2)n1. The lowest BCUT2D eigenvalue weighted by Crippen LogP contribution is -2.09. The van der Waals surface area contributed by atoms with Gasteiger partial charge in [-0.15, -0.1) is 5.10 Å². The van der Waals surface area contributed by atoms with Gasteiger partial charge in [0.1, 0.15) is 5.82 Å². The molecule has 0 atom stereocenters. The molecule has 2 rings (SSSR count). The van der Waals surface area contributed by atoms with Gasteiger partial charge in [0.05, 0.1) is 6.20 Å². The van der Waals surface area contributed by atoms with Crippen LogP contribution in [0.3, 0.4) is 0 Å². The number of aromatic nitrogens is 3. The van der Waals surface area contributed by atoms with E-state index in [-0.39, 0.29) is 5.82 Å². The second-order valence-electron chi connectivity index (χ2n) is 4.78. The highest BCUT2D eigenvalue weighted by molar-refractivity contribution is 5.37. The Balaban J connectivity index is 1.84. The zero-order valence-electron chi connectivity index (χ0n) is 12.1. The highest BCUT2D eigenvalue weighted by Gasteiger charge is 2.00. The van der Waals surface area contributed by atoms with Crippen LogP contribution in [-0.4, -0.2) is 21.7 Å². The van der Waals surface area contributed by atoms with Crippen LogP contribution >= 0.6 is 0 Å². The zero-order valence-corrected chi connectivity index (χ0v) is 12.1. The van der Waals surface area contributed by atoms with Crippen molar-refractivity contribution in [2.45, 2.75) is 32.7 Å². The molecule has 0 saturated heterocycles. The van der Waals surface area contributed by atoms with Crippen molar-refractivity contribution in [3.63, 3.8) is 0 Å². The Bertz CT molecular complexity index is 544. The van der Waals surface area contributed by atoms with Gasteiger partial charge < -0.3 is 10.6 Å². The number of halogens is 1. The first-order chi connectivity index (χ1) is 10.3. The lowest BCUT2D eigenvalue weighted by atomic mass is 10.2. The molecule has 0 fully saturated rings. The molecule has 2 N–H and O–H groups in total. The number of benzene rings is 1. The monoisotopic (exact) mass is 289 g/mol. The van der Waals surface area contributed by atoms with Crippen LogP contribution in [0.5, 0.6) is 0 Å². The summed E-state index contributed by atoms with van der Waals surface area (Å²) < 4.78 is 12.8. The fourth-order valence-corrected chi connectivity index (χ4v) is 1.83. The van der Waals surface area contributed by atoms with E-state index in [1.807, 2.05) is 0 Å². The molecule has 112 valence electrons. The van der Waals surface area contributed by atoms with Crippen LogP contribution in [0, 0.1) is 5.82 Å². The maximum Gasteiger partial charge on any atom is 0.244 e. The van der Waals surface area contributed by atoms with E-state index < -0.39 is 0 Å². The smallest absolute Gasteiger partial charge is 0.244 e. The van der Waals surface area contributed by atoms with E-state index in [0.29, 0.717) is 18.3 Å². The Hall–Kier alpha value is -2.24. The molecule has 21 heavy (non-hydrogen) atoms. The topological polar surface area (TPSA) is 62.7 Å². The fraction of sp³-hybridized carbons (Fsp3) is 0.400. The molecule has 0 unspecified atom stereocenters. The molecule has 1 aromatic heterocycles. The first-order valence-electron chi connectivity index (χ1n) is 7.20. The molecule has 2 aromatic rings. The number of hydrogen-bond donors (Lipinski definition) is 2. The standard InChI is InChI=1S/C15H20FN5/c1-2-3-4-9-17-15-20-14(11-19-21-15)18-10-12-5-7-13(16)8-6-12/h5-8,11H,2-4,9-10H2,1H3,(H2,17,18,20,21). The third-order valence-electron chi connectivity index (χ3n) is 3.01. The van der Waals surface area contributed by atoms with Crippen molar-refractivity contribution in [2.75, 3.05) is 17.2 Å². The minimum absolute atomic E-state index is 0.235. The van der Waals surface area contributed by atoms with Crippen LogP contribution < -0.4 is 10.6 Å². The van der Waals surface area contributed by atoms with Gasteiger partial charge in [0.15, 0.2) is 5.82 Å². The summed E-state index contributed by atoms with van der Waals surface area (Å²) in [6, 6.07) is 6.35. The van der Waals surface area contributed by atoms with Crippen molar-refractivity contribution in [3.05, 3.63) is 41.8 Å². The number of unbranched alkanes of at least 4 members (excludes halogenated alkanes) is 2. The summed E-state index contributed by atoms with van der Waals surface area (Å²) in [5.74, 6) is 0.934. The van der Waals surface area contributed by atoms with E-state index in [0.717, 1.165) is 18.5 Å². The van der Waals surface area contributed by atoms with E-state index in [9.17, 15) is 4.39 Å². The van der Waals surface area contributed by atoms with Crippen LogP contribution in [0.2, 0.25) is 0 Å². The van der Waals surface area contributed by atoms with Crippen molar-refractivity contribution >= 4 is 11.8 Å². The van der Waals surface area contributed by atoms with E-state index in [1.165, 1.54) is 25.0 Å². The minimum Gasteiger partial charge on any atom is -0.365 e. The van der Waals surface area contributed by atoms with Crippen LogP contribution in [0.25, 0.3) is 0 Å². The van der Waals surface area contributed by atoms with Crippen molar-refractivity contribution in [2.24, 2.45) is 0 Å². The predicted octanol–water partition coefficient (Wildman–Crippen LogP) is 3.22. The number of hydrogen-bond acceptors (Lipinski definition) is 5. The summed E-state index contributed by atoms with van der Waals surface area (Å²) in [6.45, 7) is 3.57. The molecular weight excluding hydrogens is 269 g/mol. The molecule has 1 aromatic carbocycles. The predicted molar refractivity (Wildman–Crippen MR) is 81.6 cm³/mol. The van der Waals surface area contributed by atoms with Crippen molar-refractivity contribution in [1.29, 1.82) is 0 Å². The second-order valence-corrected chi connectivity index (χ2v) is 4.78. The molecule has 0 spiro atoms. The Labute approximate surface area is 124 Å². The van der Waals surface area contributed by atoms with E-state index in [4.69, 9.17) is 0 Å². The van der Waals surface area contributed by atoms with E-state index in [1.54, 1.807) is 18.3 Å². The van der Waals surface area contributed by atoms with Gasteiger partial charge in [0, 0.05) is 13.1 Å². The highest BCUT2D eigenvalue weighted by Crippen LogP contribution is 2.08. The third kappa shape index (κ3) is 5.33. The Morgan fingerprint density at radius 1 is 1.10 bits per heavy atom. The van der Waals surface area contributed by atoms with Gasteiger partial charge in [-0.3, -0.25) is 0 Å². The largest absolute Gasteiger partial charge is 0.365 e. The molecule has 5 nitrogen and oxygen atoms in total. The molecule has 0 bridgehead atoms. The molecule has 6 heteroatoms. The van der Waals surface area contributed by atoms with Crippen molar-refractivity contribution in [3.8, 4) is 0 Å². The summed E-state index contributed by atoms with van der Waals surface area (Å²) >= 11 is 0. The number of anilines is 2. The Kier molecular flexibility index (Phi) is 5.87. The quantitative estimate of drug-likeness (QED) is 0.731. The molecule has 0 amide bonds. The van der Waals surface area contributed by atoms with Crippen molar-refractivity contribution < 1.29 is 4.39 Å². The van der Waals surface area contributed by atoms with Gasteiger partial charge in [0.2, 0.25) is 5.95 Å². The summed E-state index contributed by atoms with van der Waals surface area (Å²) in [4.78, 5) is 4.33. The molecule has 0 aliphatic heterocycles. The molecule has 1 heterocycles. The van der Waals surface area contributed by atoms with Gasteiger partial charge in [-0.25, -0.2) is 4.39 Å². The van der Waals surface area contributed by atoms with Gasteiger partial charge in [-0.2, -0.15) is 10.1 Å². The summed E-state index contributed by atoms with van der Waals surface area (Å²) in [6.07, 6.45) is 5.02. The third-order valence-corrected chi connectivity index (χ3v) is 3.01. The number of rotatable bonds is 8.